The van der Waals surface area contributed by atoms with Gasteiger partial charge in [-0.3, -0.25) is 0 Å². The minimum Gasteiger partial charge on any atom is -0.392 e. The summed E-state index contributed by atoms with van der Waals surface area (Å²) in [4.78, 5) is 8.31. The van der Waals surface area contributed by atoms with Gasteiger partial charge in [-0.1, -0.05) is 5.16 Å². The Labute approximate surface area is 103 Å². The van der Waals surface area contributed by atoms with E-state index in [1.54, 1.807) is 12.5 Å². The van der Waals surface area contributed by atoms with Crippen LogP contribution in [-0.4, -0.2) is 44.1 Å². The van der Waals surface area contributed by atoms with Crippen LogP contribution in [-0.2, 0) is 11.8 Å². The Hall–Kier alpha value is -1.73. The van der Waals surface area contributed by atoms with E-state index in [9.17, 15) is 5.11 Å². The molecular weight excluding hydrogens is 236 g/mol. The number of imidazole rings is 1. The maximum Gasteiger partial charge on any atom is 0.235 e. The molecule has 7 nitrogen and oxygen atoms in total. The molecule has 0 bridgehead atoms. The van der Waals surface area contributed by atoms with Gasteiger partial charge in [0.2, 0.25) is 11.7 Å². The molecule has 18 heavy (non-hydrogen) atoms. The summed E-state index contributed by atoms with van der Waals surface area (Å²) in [6, 6.07) is 0. The fourth-order valence-corrected chi connectivity index (χ4v) is 2.03. The molecular formula is C11H14N4O3. The van der Waals surface area contributed by atoms with Gasteiger partial charge in [0.25, 0.3) is 0 Å². The maximum absolute atomic E-state index is 9.89. The third-order valence-corrected chi connectivity index (χ3v) is 3.12. The number of aromatic nitrogens is 4. The molecule has 0 saturated carbocycles. The van der Waals surface area contributed by atoms with E-state index < -0.39 is 6.10 Å². The van der Waals surface area contributed by atoms with Gasteiger partial charge in [0, 0.05) is 13.7 Å². The summed E-state index contributed by atoms with van der Waals surface area (Å²) in [6.07, 6.45) is 3.44. The van der Waals surface area contributed by atoms with Crippen molar-refractivity contribution >= 4 is 0 Å². The number of nitrogens with zero attached hydrogens (tertiary/aromatic N) is 4. The molecule has 1 aliphatic rings. The lowest BCUT2D eigenvalue weighted by molar-refractivity contribution is -0.0149. The maximum atomic E-state index is 9.89. The summed E-state index contributed by atoms with van der Waals surface area (Å²) in [5.41, 5.74) is 0.774. The third-order valence-electron chi connectivity index (χ3n) is 3.12. The first-order valence-corrected chi connectivity index (χ1v) is 5.82. The Bertz CT molecular complexity index is 536. The highest BCUT2D eigenvalue weighted by molar-refractivity contribution is 5.47. The second-order valence-electron chi connectivity index (χ2n) is 4.38. The zero-order valence-electron chi connectivity index (χ0n) is 9.98. The van der Waals surface area contributed by atoms with Crippen LogP contribution in [0.1, 0.15) is 18.2 Å². The van der Waals surface area contributed by atoms with Crippen molar-refractivity contribution in [2.45, 2.75) is 18.4 Å². The van der Waals surface area contributed by atoms with Crippen molar-refractivity contribution in [2.24, 2.45) is 7.05 Å². The molecule has 1 saturated heterocycles. The lowest BCUT2D eigenvalue weighted by Crippen LogP contribution is -2.30. The fourth-order valence-electron chi connectivity index (χ4n) is 2.03. The van der Waals surface area contributed by atoms with Crippen molar-refractivity contribution in [2.75, 3.05) is 13.2 Å². The summed E-state index contributed by atoms with van der Waals surface area (Å²) in [6.45, 7) is 0.981. The topological polar surface area (TPSA) is 86.2 Å². The second kappa shape index (κ2) is 4.51. The number of rotatable bonds is 2. The number of hydrogen-bond acceptors (Lipinski definition) is 6. The number of aryl methyl sites for hydroxylation is 1. The van der Waals surface area contributed by atoms with E-state index in [1.807, 2.05) is 11.6 Å². The minimum atomic E-state index is -0.487. The summed E-state index contributed by atoms with van der Waals surface area (Å²) in [5.74, 6) is 0.648. The second-order valence-corrected chi connectivity index (χ2v) is 4.38. The average Bonchev–Trinajstić information content (AvgIpc) is 2.98. The van der Waals surface area contributed by atoms with Crippen LogP contribution in [0.4, 0.5) is 0 Å². The standard InChI is InChI=1S/C11H14N4O3/c1-15-6-12-4-8(15)10-13-11(18-14-10)7-5-17-3-2-9(7)16/h4,6-7,9,16H,2-3,5H2,1H3. The van der Waals surface area contributed by atoms with Crippen LogP contribution in [0.5, 0.6) is 0 Å². The largest absolute Gasteiger partial charge is 0.392 e. The molecule has 2 aromatic rings. The Morgan fingerprint density at radius 1 is 1.50 bits per heavy atom. The monoisotopic (exact) mass is 250 g/mol. The lowest BCUT2D eigenvalue weighted by atomic mass is 9.99. The Balaban J connectivity index is 1.87. The predicted octanol–water partition coefficient (Wildman–Crippen LogP) is 0.335. The van der Waals surface area contributed by atoms with E-state index in [4.69, 9.17) is 9.26 Å². The highest BCUT2D eigenvalue weighted by atomic mass is 16.5. The first kappa shape index (κ1) is 11.4. The van der Waals surface area contributed by atoms with Crippen LogP contribution in [0.15, 0.2) is 17.0 Å². The molecule has 3 rings (SSSR count). The number of aliphatic hydroxyl groups is 1. The van der Waals surface area contributed by atoms with Crippen molar-refractivity contribution in [3.05, 3.63) is 18.4 Å². The molecule has 2 atom stereocenters. The highest BCUT2D eigenvalue weighted by Gasteiger charge is 2.30. The van der Waals surface area contributed by atoms with Gasteiger partial charge in [-0.05, 0) is 6.42 Å². The van der Waals surface area contributed by atoms with E-state index in [1.165, 1.54) is 0 Å². The SMILES string of the molecule is Cn1cncc1-c1noc(C2COCCC2O)n1. The summed E-state index contributed by atoms with van der Waals surface area (Å²) in [7, 11) is 1.86. The van der Waals surface area contributed by atoms with E-state index in [0.717, 1.165) is 5.69 Å². The number of ether oxygens (including phenoxy) is 1. The summed E-state index contributed by atoms with van der Waals surface area (Å²) < 4.78 is 12.3. The Morgan fingerprint density at radius 3 is 3.11 bits per heavy atom. The smallest absolute Gasteiger partial charge is 0.235 e. The van der Waals surface area contributed by atoms with Gasteiger partial charge in [0.15, 0.2) is 0 Å². The molecule has 0 radical (unpaired) electrons. The Kier molecular flexibility index (Phi) is 2.85. The molecule has 0 amide bonds. The van der Waals surface area contributed by atoms with Crippen LogP contribution in [0, 0.1) is 0 Å². The predicted molar refractivity (Wildman–Crippen MR) is 60.7 cm³/mol. The highest BCUT2D eigenvalue weighted by Crippen LogP contribution is 2.26. The molecule has 0 aromatic carbocycles. The van der Waals surface area contributed by atoms with Crippen molar-refractivity contribution in [1.29, 1.82) is 0 Å². The molecule has 2 unspecified atom stereocenters. The fraction of sp³-hybridized carbons (Fsp3) is 0.545. The lowest BCUT2D eigenvalue weighted by Gasteiger charge is -2.24. The van der Waals surface area contributed by atoms with Crippen LogP contribution < -0.4 is 0 Å². The first-order valence-electron chi connectivity index (χ1n) is 5.82. The molecule has 1 fully saturated rings. The first-order chi connectivity index (χ1) is 8.75. The van der Waals surface area contributed by atoms with Crippen molar-refractivity contribution in [3.8, 4) is 11.5 Å². The number of aliphatic hydroxyl groups excluding tert-OH is 1. The molecule has 96 valence electrons. The number of hydrogen-bond donors (Lipinski definition) is 1. The van der Waals surface area contributed by atoms with Gasteiger partial charge in [0.05, 0.1) is 31.2 Å². The normalized spacial score (nSPS) is 24.3. The molecule has 1 N–H and O–H groups in total. The van der Waals surface area contributed by atoms with E-state index in [-0.39, 0.29) is 5.92 Å². The van der Waals surface area contributed by atoms with Gasteiger partial charge >= 0.3 is 0 Å². The molecule has 3 heterocycles. The molecule has 0 spiro atoms. The van der Waals surface area contributed by atoms with E-state index >= 15 is 0 Å². The Morgan fingerprint density at radius 2 is 2.39 bits per heavy atom. The van der Waals surface area contributed by atoms with Crippen LogP contribution in [0.2, 0.25) is 0 Å². The van der Waals surface area contributed by atoms with E-state index in [0.29, 0.717) is 31.3 Å². The summed E-state index contributed by atoms with van der Waals surface area (Å²) >= 11 is 0. The molecule has 7 heteroatoms. The zero-order valence-corrected chi connectivity index (χ0v) is 9.98. The minimum absolute atomic E-state index is 0.242. The van der Waals surface area contributed by atoms with Crippen molar-refractivity contribution < 1.29 is 14.4 Å². The van der Waals surface area contributed by atoms with Gasteiger partial charge in [-0.15, -0.1) is 0 Å². The van der Waals surface area contributed by atoms with Crippen molar-refractivity contribution in [3.63, 3.8) is 0 Å². The van der Waals surface area contributed by atoms with Crippen LogP contribution >= 0.6 is 0 Å². The molecule has 2 aromatic heterocycles. The van der Waals surface area contributed by atoms with Gasteiger partial charge in [-0.2, -0.15) is 4.98 Å². The third kappa shape index (κ3) is 1.91. The van der Waals surface area contributed by atoms with Crippen molar-refractivity contribution in [1.82, 2.24) is 19.7 Å². The zero-order chi connectivity index (χ0) is 12.5. The molecule has 1 aliphatic heterocycles. The van der Waals surface area contributed by atoms with E-state index in [2.05, 4.69) is 15.1 Å². The van der Waals surface area contributed by atoms with Gasteiger partial charge < -0.3 is 18.9 Å². The van der Waals surface area contributed by atoms with Crippen LogP contribution in [0.3, 0.4) is 0 Å². The van der Waals surface area contributed by atoms with Crippen LogP contribution in [0.25, 0.3) is 11.5 Å². The van der Waals surface area contributed by atoms with Gasteiger partial charge in [-0.25, -0.2) is 4.98 Å². The average molecular weight is 250 g/mol. The molecule has 0 aliphatic carbocycles. The quantitative estimate of drug-likeness (QED) is 0.826. The van der Waals surface area contributed by atoms with Gasteiger partial charge in [0.1, 0.15) is 5.69 Å². The summed E-state index contributed by atoms with van der Waals surface area (Å²) in [5, 5.41) is 13.8.